The van der Waals surface area contributed by atoms with E-state index < -0.39 is 0 Å². The second-order valence-electron chi connectivity index (χ2n) is 7.22. The summed E-state index contributed by atoms with van der Waals surface area (Å²) in [4.78, 5) is 34.5. The van der Waals surface area contributed by atoms with Gasteiger partial charge < -0.3 is 15.2 Å². The maximum atomic E-state index is 13.0. The molecule has 28 heavy (non-hydrogen) atoms. The first kappa shape index (κ1) is 18.0. The second-order valence-corrected chi connectivity index (χ2v) is 7.22. The van der Waals surface area contributed by atoms with Crippen molar-refractivity contribution in [1.82, 2.24) is 14.9 Å². The molecule has 2 heterocycles. The number of pyridine rings is 1. The van der Waals surface area contributed by atoms with Gasteiger partial charge in [-0.3, -0.25) is 14.6 Å². The Labute approximate surface area is 163 Å². The molecule has 2 N–H and O–H groups in total. The highest BCUT2D eigenvalue weighted by Crippen LogP contribution is 2.40. The number of carbonyl (C=O) groups is 2. The van der Waals surface area contributed by atoms with Gasteiger partial charge in [-0.15, -0.1) is 0 Å². The number of ketones is 1. The molecule has 0 radical (unpaired) electrons. The minimum atomic E-state index is -0.330. The van der Waals surface area contributed by atoms with Crippen molar-refractivity contribution >= 4 is 23.1 Å². The molecule has 3 aromatic rings. The van der Waals surface area contributed by atoms with Gasteiger partial charge in [-0.25, -0.2) is 0 Å². The topological polar surface area (TPSA) is 78.1 Å². The zero-order valence-corrected chi connectivity index (χ0v) is 15.9. The fourth-order valence-corrected chi connectivity index (χ4v) is 3.72. The lowest BCUT2D eigenvalue weighted by molar-refractivity contribution is -0.133. The third-order valence-electron chi connectivity index (χ3n) is 5.04. The summed E-state index contributed by atoms with van der Waals surface area (Å²) in [6.07, 6.45) is 4.19. The Morgan fingerprint density at radius 1 is 1.11 bits per heavy atom. The molecule has 1 atom stereocenters. The van der Waals surface area contributed by atoms with E-state index in [2.05, 4.69) is 15.3 Å². The number of Topliss-reactive ketones (excluding diaryl/α,β-unsaturated/α-hetero) is 1. The molecular weight excluding hydrogens is 352 g/mol. The van der Waals surface area contributed by atoms with Crippen LogP contribution in [0.5, 0.6) is 0 Å². The SMILES string of the molecule is CN(C)C(=O)[C@H]1CC(=O)c2c([nH]c(-c3ccncc3)c2Nc2ccccc2)C1. The van der Waals surface area contributed by atoms with E-state index >= 15 is 0 Å². The van der Waals surface area contributed by atoms with Crippen LogP contribution >= 0.6 is 0 Å². The van der Waals surface area contributed by atoms with Crippen molar-refractivity contribution in [3.63, 3.8) is 0 Å². The second kappa shape index (κ2) is 7.31. The van der Waals surface area contributed by atoms with Crippen LogP contribution in [0.25, 0.3) is 11.3 Å². The highest BCUT2D eigenvalue weighted by molar-refractivity contribution is 6.09. The molecular formula is C22H22N4O2. The minimum absolute atomic E-state index is 0.0170. The largest absolute Gasteiger partial charge is 0.356 e. The van der Waals surface area contributed by atoms with Gasteiger partial charge >= 0.3 is 0 Å². The number of aromatic nitrogens is 2. The third-order valence-corrected chi connectivity index (χ3v) is 5.04. The van der Waals surface area contributed by atoms with Crippen LogP contribution in [-0.2, 0) is 11.2 Å². The third kappa shape index (κ3) is 3.29. The van der Waals surface area contributed by atoms with Crippen molar-refractivity contribution in [1.29, 1.82) is 0 Å². The molecule has 0 aliphatic heterocycles. The van der Waals surface area contributed by atoms with Gasteiger partial charge in [0.2, 0.25) is 5.91 Å². The molecule has 1 amide bonds. The number of hydrogen-bond acceptors (Lipinski definition) is 4. The molecule has 0 saturated heterocycles. The number of hydrogen-bond donors (Lipinski definition) is 2. The number of H-pyrrole nitrogens is 1. The van der Waals surface area contributed by atoms with E-state index in [1.54, 1.807) is 31.4 Å². The molecule has 0 fully saturated rings. The zero-order chi connectivity index (χ0) is 19.7. The first-order valence-corrected chi connectivity index (χ1v) is 9.26. The Bertz CT molecular complexity index is 1010. The first-order valence-electron chi connectivity index (χ1n) is 9.26. The number of nitrogens with one attached hydrogen (secondary N) is 2. The Morgan fingerprint density at radius 2 is 1.82 bits per heavy atom. The van der Waals surface area contributed by atoms with Crippen molar-refractivity contribution in [3.8, 4) is 11.3 Å². The quantitative estimate of drug-likeness (QED) is 0.731. The van der Waals surface area contributed by atoms with Crippen LogP contribution in [0, 0.1) is 5.92 Å². The summed E-state index contributed by atoms with van der Waals surface area (Å²) in [5, 5.41) is 3.41. The smallest absolute Gasteiger partial charge is 0.226 e. The van der Waals surface area contributed by atoms with E-state index in [0.29, 0.717) is 12.0 Å². The van der Waals surface area contributed by atoms with E-state index in [9.17, 15) is 9.59 Å². The number of anilines is 2. The minimum Gasteiger partial charge on any atom is -0.356 e. The number of para-hydroxylation sites is 1. The Kier molecular flexibility index (Phi) is 4.69. The van der Waals surface area contributed by atoms with Crippen LogP contribution in [0.2, 0.25) is 0 Å². The van der Waals surface area contributed by atoms with Crippen molar-refractivity contribution in [2.24, 2.45) is 5.92 Å². The van der Waals surface area contributed by atoms with Crippen LogP contribution in [0.4, 0.5) is 11.4 Å². The summed E-state index contributed by atoms with van der Waals surface area (Å²) in [5.41, 5.74) is 4.89. The summed E-state index contributed by atoms with van der Waals surface area (Å²) < 4.78 is 0. The first-order chi connectivity index (χ1) is 13.5. The molecule has 0 saturated carbocycles. The lowest BCUT2D eigenvalue weighted by atomic mass is 9.85. The molecule has 4 rings (SSSR count). The van der Waals surface area contributed by atoms with Crippen LogP contribution in [-0.4, -0.2) is 40.7 Å². The molecule has 2 aromatic heterocycles. The maximum absolute atomic E-state index is 13.0. The standard InChI is InChI=1S/C22H22N4O2/c1-26(2)22(28)15-12-17-19(18(27)13-15)21(24-16-6-4-3-5-7-16)20(25-17)14-8-10-23-11-9-14/h3-11,15,24-25H,12-13H2,1-2H3/t15-/m1/s1. The predicted molar refractivity (Wildman–Crippen MR) is 109 cm³/mol. The van der Waals surface area contributed by atoms with Gasteiger partial charge in [-0.05, 0) is 24.3 Å². The van der Waals surface area contributed by atoms with Crippen LogP contribution in [0.15, 0.2) is 54.9 Å². The normalized spacial score (nSPS) is 15.8. The van der Waals surface area contributed by atoms with Crippen molar-refractivity contribution in [2.45, 2.75) is 12.8 Å². The molecule has 6 nitrogen and oxygen atoms in total. The highest BCUT2D eigenvalue weighted by atomic mass is 16.2. The number of fused-ring (bicyclic) bond motifs is 1. The van der Waals surface area contributed by atoms with E-state index in [-0.39, 0.29) is 24.0 Å². The van der Waals surface area contributed by atoms with E-state index in [0.717, 1.165) is 28.3 Å². The molecule has 1 aliphatic carbocycles. The van der Waals surface area contributed by atoms with Crippen LogP contribution < -0.4 is 5.32 Å². The zero-order valence-electron chi connectivity index (χ0n) is 15.9. The summed E-state index contributed by atoms with van der Waals surface area (Å²) in [6, 6.07) is 13.6. The van der Waals surface area contributed by atoms with Gasteiger partial charge in [-0.2, -0.15) is 0 Å². The number of nitrogens with zero attached hydrogens (tertiary/aromatic N) is 2. The lowest BCUT2D eigenvalue weighted by Gasteiger charge is -2.24. The number of amides is 1. The lowest BCUT2D eigenvalue weighted by Crippen LogP contribution is -2.35. The maximum Gasteiger partial charge on any atom is 0.226 e. The number of benzene rings is 1. The summed E-state index contributed by atoms with van der Waals surface area (Å²) >= 11 is 0. The summed E-state index contributed by atoms with van der Waals surface area (Å²) in [7, 11) is 3.45. The van der Waals surface area contributed by atoms with Crippen molar-refractivity contribution in [2.75, 3.05) is 19.4 Å². The van der Waals surface area contributed by atoms with Gasteiger partial charge in [0.15, 0.2) is 5.78 Å². The summed E-state index contributed by atoms with van der Waals surface area (Å²) in [5.74, 6) is -0.364. The molecule has 1 aromatic carbocycles. The van der Waals surface area contributed by atoms with Gasteiger partial charge in [0, 0.05) is 56.3 Å². The molecule has 142 valence electrons. The van der Waals surface area contributed by atoms with E-state index in [1.807, 2.05) is 42.5 Å². The van der Waals surface area contributed by atoms with Crippen molar-refractivity contribution in [3.05, 3.63) is 66.1 Å². The highest BCUT2D eigenvalue weighted by Gasteiger charge is 2.35. The fraction of sp³-hybridized carbons (Fsp3) is 0.227. The monoisotopic (exact) mass is 374 g/mol. The fourth-order valence-electron chi connectivity index (χ4n) is 3.72. The predicted octanol–water partition coefficient (Wildman–Crippen LogP) is 3.65. The average Bonchev–Trinajstić information content (AvgIpc) is 3.07. The molecule has 1 aliphatic rings. The molecule has 0 spiro atoms. The average molecular weight is 374 g/mol. The van der Waals surface area contributed by atoms with Crippen LogP contribution in [0.1, 0.15) is 22.5 Å². The molecule has 6 heteroatoms. The number of aromatic amines is 1. The summed E-state index contributed by atoms with van der Waals surface area (Å²) in [6.45, 7) is 0. The number of rotatable bonds is 4. The van der Waals surface area contributed by atoms with Gasteiger partial charge in [0.05, 0.1) is 22.9 Å². The van der Waals surface area contributed by atoms with Crippen LogP contribution in [0.3, 0.4) is 0 Å². The molecule has 0 unspecified atom stereocenters. The number of carbonyl (C=O) groups excluding carboxylic acids is 2. The van der Waals surface area contributed by atoms with Gasteiger partial charge in [0.1, 0.15) is 0 Å². The molecule has 0 bridgehead atoms. The van der Waals surface area contributed by atoms with Gasteiger partial charge in [0.25, 0.3) is 0 Å². The van der Waals surface area contributed by atoms with Gasteiger partial charge in [-0.1, -0.05) is 18.2 Å². The van der Waals surface area contributed by atoms with E-state index in [4.69, 9.17) is 0 Å². The van der Waals surface area contributed by atoms with Crippen molar-refractivity contribution < 1.29 is 9.59 Å². The Hall–Kier alpha value is -3.41. The Morgan fingerprint density at radius 3 is 2.50 bits per heavy atom. The Balaban J connectivity index is 1.81. The van der Waals surface area contributed by atoms with E-state index in [1.165, 1.54) is 0 Å².